The molecule has 1 rings (SSSR count). The molecule has 3 N–H and O–H groups in total. The summed E-state index contributed by atoms with van der Waals surface area (Å²) in [5.41, 5.74) is 1.55. The number of anilines is 1. The van der Waals surface area contributed by atoms with E-state index >= 15 is 0 Å². The highest BCUT2D eigenvalue weighted by Gasteiger charge is 2.14. The van der Waals surface area contributed by atoms with E-state index in [1.54, 1.807) is 23.8 Å². The van der Waals surface area contributed by atoms with Crippen LogP contribution in [-0.4, -0.2) is 33.3 Å². The number of aryl methyl sites for hydroxylation is 1. The molecule has 0 spiro atoms. The van der Waals surface area contributed by atoms with E-state index in [-0.39, 0.29) is 12.3 Å². The quantitative estimate of drug-likeness (QED) is 0.698. The molecular weight excluding hydrogens is 284 g/mol. The Morgan fingerprint density at radius 3 is 2.70 bits per heavy atom. The third-order valence-electron chi connectivity index (χ3n) is 2.04. The van der Waals surface area contributed by atoms with E-state index in [1.165, 1.54) is 6.07 Å². The van der Waals surface area contributed by atoms with Gasteiger partial charge in [-0.3, -0.25) is 4.72 Å². The molecular formula is C12H14N2O5S. The molecule has 0 fully saturated rings. The molecule has 0 aromatic heterocycles. The van der Waals surface area contributed by atoms with Gasteiger partial charge in [0.05, 0.1) is 12.8 Å². The minimum atomic E-state index is -4.07. The molecule has 0 unspecified atom stereocenters. The van der Waals surface area contributed by atoms with E-state index < -0.39 is 16.3 Å². The topological polar surface area (TPSA) is 105 Å². The van der Waals surface area contributed by atoms with Crippen LogP contribution < -0.4 is 9.44 Å². The summed E-state index contributed by atoms with van der Waals surface area (Å²) in [4.78, 5) is 10.9. The van der Waals surface area contributed by atoms with Crippen LogP contribution in [0.5, 0.6) is 0 Å². The lowest BCUT2D eigenvalue weighted by molar-refractivity contribution is 0.177. The predicted molar refractivity (Wildman–Crippen MR) is 73.2 cm³/mol. The van der Waals surface area contributed by atoms with E-state index in [9.17, 15) is 13.2 Å². The first-order valence-corrected chi connectivity index (χ1v) is 6.94. The molecule has 0 saturated carbocycles. The highest BCUT2D eigenvalue weighted by Crippen LogP contribution is 2.15. The van der Waals surface area contributed by atoms with Crippen molar-refractivity contribution in [1.82, 2.24) is 4.72 Å². The fraction of sp³-hybridized carbons (Fsp3) is 0.250. The van der Waals surface area contributed by atoms with Crippen LogP contribution in [0, 0.1) is 18.8 Å². The summed E-state index contributed by atoms with van der Waals surface area (Å²) in [6.07, 6.45) is -1.09. The Balaban J connectivity index is 2.97. The molecule has 0 radical (unpaired) electrons. The second-order valence-corrected chi connectivity index (χ2v) is 5.16. The molecule has 0 heterocycles. The van der Waals surface area contributed by atoms with Crippen LogP contribution in [0.1, 0.15) is 11.1 Å². The molecule has 20 heavy (non-hydrogen) atoms. The molecule has 0 aliphatic heterocycles. The smallest absolute Gasteiger partial charge is 0.422 e. The van der Waals surface area contributed by atoms with Gasteiger partial charge in [0.15, 0.2) is 0 Å². The zero-order valence-corrected chi connectivity index (χ0v) is 11.7. The van der Waals surface area contributed by atoms with Crippen LogP contribution in [0.3, 0.4) is 0 Å². The van der Waals surface area contributed by atoms with Gasteiger partial charge in [-0.1, -0.05) is 11.8 Å². The summed E-state index contributed by atoms with van der Waals surface area (Å²) >= 11 is 0. The molecule has 0 saturated heterocycles. The molecule has 0 atom stereocenters. The normalized spacial score (nSPS) is 10.2. The van der Waals surface area contributed by atoms with Crippen molar-refractivity contribution in [3.05, 3.63) is 29.3 Å². The summed E-state index contributed by atoms with van der Waals surface area (Å²) in [7, 11) is -3.02. The first-order chi connectivity index (χ1) is 9.36. The van der Waals surface area contributed by atoms with Gasteiger partial charge in [-0.2, -0.15) is 8.42 Å². The van der Waals surface area contributed by atoms with Gasteiger partial charge in [-0.15, -0.1) is 0 Å². The maximum atomic E-state index is 11.6. The summed E-state index contributed by atoms with van der Waals surface area (Å²) in [5.74, 6) is 5.13. The van der Waals surface area contributed by atoms with Gasteiger partial charge in [-0.25, -0.2) is 9.52 Å². The van der Waals surface area contributed by atoms with Crippen molar-refractivity contribution in [2.75, 3.05) is 18.4 Å². The lowest BCUT2D eigenvalue weighted by Gasteiger charge is -2.09. The second-order valence-electron chi connectivity index (χ2n) is 3.75. The number of aliphatic hydroxyl groups excluding tert-OH is 1. The first kappa shape index (κ1) is 15.8. The first-order valence-electron chi connectivity index (χ1n) is 5.46. The highest BCUT2D eigenvalue weighted by atomic mass is 32.2. The molecule has 7 nitrogen and oxygen atoms in total. The number of aliphatic hydroxyl groups is 1. The number of carbonyl (C=O) groups excluding carboxylic acids is 1. The molecule has 8 heteroatoms. The second kappa shape index (κ2) is 6.79. The Morgan fingerprint density at radius 1 is 1.40 bits per heavy atom. The zero-order valence-electron chi connectivity index (χ0n) is 10.9. The summed E-state index contributed by atoms with van der Waals surface area (Å²) in [6.45, 7) is 1.47. The fourth-order valence-electron chi connectivity index (χ4n) is 1.39. The SMILES string of the molecule is COC(=O)NS(=O)(=O)Nc1cc(C)cc(C#CCO)c1. The van der Waals surface area contributed by atoms with Crippen molar-refractivity contribution >= 4 is 22.0 Å². The van der Waals surface area contributed by atoms with E-state index in [1.807, 2.05) is 0 Å². The summed E-state index contributed by atoms with van der Waals surface area (Å²) in [5, 5.41) is 8.63. The number of methoxy groups -OCH3 is 1. The molecule has 1 aromatic rings. The Labute approximate surface area is 117 Å². The Hall–Kier alpha value is -2.24. The van der Waals surface area contributed by atoms with Crippen molar-refractivity contribution < 1.29 is 23.1 Å². The molecule has 0 aliphatic rings. The van der Waals surface area contributed by atoms with Gasteiger partial charge >= 0.3 is 16.3 Å². The predicted octanol–water partition coefficient (Wildman–Crippen LogP) is 0.352. The number of benzene rings is 1. The average molecular weight is 298 g/mol. The number of hydrogen-bond donors (Lipinski definition) is 3. The Kier molecular flexibility index (Phi) is 5.37. The molecule has 1 aromatic carbocycles. The van der Waals surface area contributed by atoms with Crippen molar-refractivity contribution in [3.63, 3.8) is 0 Å². The summed E-state index contributed by atoms with van der Waals surface area (Å²) in [6, 6.07) is 4.78. The summed E-state index contributed by atoms with van der Waals surface area (Å²) < 4.78 is 31.3. The number of rotatable bonds is 3. The largest absolute Gasteiger partial charge is 0.452 e. The zero-order chi connectivity index (χ0) is 15.2. The van der Waals surface area contributed by atoms with Crippen LogP contribution in [0.4, 0.5) is 10.5 Å². The van der Waals surface area contributed by atoms with Crippen LogP contribution in [0.2, 0.25) is 0 Å². The van der Waals surface area contributed by atoms with Crippen molar-refractivity contribution in [2.24, 2.45) is 0 Å². The average Bonchev–Trinajstić information content (AvgIpc) is 2.34. The number of carbonyl (C=O) groups is 1. The van der Waals surface area contributed by atoms with Crippen molar-refractivity contribution in [1.29, 1.82) is 0 Å². The van der Waals surface area contributed by atoms with E-state index in [4.69, 9.17) is 5.11 Å². The highest BCUT2D eigenvalue weighted by molar-refractivity contribution is 7.91. The minimum absolute atomic E-state index is 0.239. The standard InChI is InChI=1S/C12H14N2O5S/c1-9-6-10(4-3-5-15)8-11(7-9)13-20(17,18)14-12(16)19-2/h6-8,13,15H,5H2,1-2H3,(H,14,16). The van der Waals surface area contributed by atoms with Crippen molar-refractivity contribution in [3.8, 4) is 11.8 Å². The van der Waals surface area contributed by atoms with Gasteiger partial charge < -0.3 is 9.84 Å². The van der Waals surface area contributed by atoms with E-state index in [2.05, 4.69) is 21.3 Å². The van der Waals surface area contributed by atoms with E-state index in [0.29, 0.717) is 5.56 Å². The van der Waals surface area contributed by atoms with Gasteiger partial charge in [-0.05, 0) is 30.7 Å². The lowest BCUT2D eigenvalue weighted by Crippen LogP contribution is -2.35. The van der Waals surface area contributed by atoms with Gasteiger partial charge in [0.1, 0.15) is 6.61 Å². The Morgan fingerprint density at radius 2 is 2.10 bits per heavy atom. The van der Waals surface area contributed by atoms with Crippen LogP contribution in [0.25, 0.3) is 0 Å². The van der Waals surface area contributed by atoms with Crippen LogP contribution in [0.15, 0.2) is 18.2 Å². The van der Waals surface area contributed by atoms with Crippen molar-refractivity contribution in [2.45, 2.75) is 6.92 Å². The van der Waals surface area contributed by atoms with Gasteiger partial charge in [0, 0.05) is 5.56 Å². The monoisotopic (exact) mass is 298 g/mol. The third-order valence-corrected chi connectivity index (χ3v) is 2.98. The minimum Gasteiger partial charge on any atom is -0.452 e. The number of ether oxygens (including phenoxy) is 1. The maximum absolute atomic E-state index is 11.6. The van der Waals surface area contributed by atoms with Gasteiger partial charge in [0.25, 0.3) is 0 Å². The maximum Gasteiger partial charge on any atom is 0.422 e. The lowest BCUT2D eigenvalue weighted by atomic mass is 10.1. The van der Waals surface area contributed by atoms with Crippen LogP contribution in [-0.2, 0) is 14.9 Å². The van der Waals surface area contributed by atoms with Gasteiger partial charge in [0.2, 0.25) is 0 Å². The third kappa shape index (κ3) is 5.17. The fourth-order valence-corrected chi connectivity index (χ4v) is 2.17. The van der Waals surface area contributed by atoms with E-state index in [0.717, 1.165) is 12.7 Å². The Bertz CT molecular complexity index is 658. The molecule has 1 amide bonds. The number of nitrogens with one attached hydrogen (secondary N) is 2. The molecule has 0 aliphatic carbocycles. The van der Waals surface area contributed by atoms with Crippen LogP contribution >= 0.6 is 0 Å². The molecule has 0 bridgehead atoms. The number of amides is 1. The molecule has 108 valence electrons. The number of hydrogen-bond acceptors (Lipinski definition) is 5.